The zero-order valence-electron chi connectivity index (χ0n) is 9.14. The predicted octanol–water partition coefficient (Wildman–Crippen LogP) is 2.19. The molecule has 0 amide bonds. The Morgan fingerprint density at radius 1 is 1.38 bits per heavy atom. The fraction of sp³-hybridized carbons (Fsp3) is 0.167. The molecule has 0 aliphatic heterocycles. The molecule has 0 saturated carbocycles. The lowest BCUT2D eigenvalue weighted by atomic mass is 10.0. The van der Waals surface area contributed by atoms with Crippen molar-refractivity contribution in [3.05, 3.63) is 47.3 Å². The second-order valence-corrected chi connectivity index (χ2v) is 3.73. The summed E-state index contributed by atoms with van der Waals surface area (Å²) < 4.78 is 1.58. The number of hydrogen-bond donors (Lipinski definition) is 1. The number of carbonyl (C=O) groups is 1. The maximum Gasteiger partial charge on any atom is 0.337 e. The molecule has 16 heavy (non-hydrogen) atoms. The molecule has 0 spiro atoms. The highest BCUT2D eigenvalue weighted by atomic mass is 16.4. The Bertz CT molecular complexity index is 530. The Morgan fingerprint density at radius 3 is 2.69 bits per heavy atom. The van der Waals surface area contributed by atoms with E-state index in [1.165, 1.54) is 0 Å². The van der Waals surface area contributed by atoms with Gasteiger partial charge in [0.05, 0.1) is 11.3 Å². The van der Waals surface area contributed by atoms with Gasteiger partial charge in [-0.1, -0.05) is 6.07 Å². The summed E-state index contributed by atoms with van der Waals surface area (Å²) in [6.45, 7) is 3.77. The Kier molecular flexibility index (Phi) is 2.48. The van der Waals surface area contributed by atoms with E-state index in [0.29, 0.717) is 5.69 Å². The van der Waals surface area contributed by atoms with Crippen LogP contribution in [-0.4, -0.2) is 20.9 Å². The van der Waals surface area contributed by atoms with E-state index in [9.17, 15) is 9.90 Å². The number of carboxylic acids is 1. The van der Waals surface area contributed by atoms with Gasteiger partial charge < -0.3 is 5.11 Å². The van der Waals surface area contributed by atoms with Crippen molar-refractivity contribution in [2.45, 2.75) is 13.8 Å². The maximum absolute atomic E-state index is 11.2. The molecule has 1 aromatic carbocycles. The van der Waals surface area contributed by atoms with E-state index in [-0.39, 0.29) is 5.56 Å². The van der Waals surface area contributed by atoms with Crippen molar-refractivity contribution in [3.63, 3.8) is 0 Å². The van der Waals surface area contributed by atoms with Crippen molar-refractivity contribution in [1.82, 2.24) is 9.78 Å². The van der Waals surface area contributed by atoms with Crippen molar-refractivity contribution in [1.29, 1.82) is 0 Å². The van der Waals surface area contributed by atoms with E-state index in [1.54, 1.807) is 29.2 Å². The lowest BCUT2D eigenvalue weighted by molar-refractivity contribution is 0.0696. The standard InChI is InChI=1S/C12H12N2O2/c1-8-6-9(2)11(10(7-8)12(15)16)14-5-3-4-13-14/h3-7H,1-2H3,(H,15,16). The molecule has 0 atom stereocenters. The first-order chi connectivity index (χ1) is 7.59. The van der Waals surface area contributed by atoms with Gasteiger partial charge in [-0.3, -0.25) is 0 Å². The van der Waals surface area contributed by atoms with E-state index >= 15 is 0 Å². The van der Waals surface area contributed by atoms with Crippen LogP contribution in [0.5, 0.6) is 0 Å². The minimum Gasteiger partial charge on any atom is -0.478 e. The van der Waals surface area contributed by atoms with Crippen molar-refractivity contribution < 1.29 is 9.90 Å². The maximum atomic E-state index is 11.2. The summed E-state index contributed by atoms with van der Waals surface area (Å²) in [7, 11) is 0. The minimum absolute atomic E-state index is 0.279. The summed E-state index contributed by atoms with van der Waals surface area (Å²) in [6, 6.07) is 5.38. The summed E-state index contributed by atoms with van der Waals surface area (Å²) in [5.41, 5.74) is 2.75. The van der Waals surface area contributed by atoms with Gasteiger partial charge in [0.25, 0.3) is 0 Å². The van der Waals surface area contributed by atoms with Gasteiger partial charge in [-0.05, 0) is 37.1 Å². The van der Waals surface area contributed by atoms with E-state index in [2.05, 4.69) is 5.10 Å². The van der Waals surface area contributed by atoms with Crippen LogP contribution < -0.4 is 0 Å². The third-order valence-electron chi connectivity index (χ3n) is 2.41. The van der Waals surface area contributed by atoms with Crippen LogP contribution in [0.3, 0.4) is 0 Å². The van der Waals surface area contributed by atoms with E-state index in [0.717, 1.165) is 11.1 Å². The van der Waals surface area contributed by atoms with Gasteiger partial charge in [0.2, 0.25) is 0 Å². The molecule has 2 aromatic rings. The van der Waals surface area contributed by atoms with E-state index < -0.39 is 5.97 Å². The quantitative estimate of drug-likeness (QED) is 0.837. The number of aromatic carboxylic acids is 1. The van der Waals surface area contributed by atoms with Gasteiger partial charge in [0.15, 0.2) is 0 Å². The van der Waals surface area contributed by atoms with Crippen LogP contribution >= 0.6 is 0 Å². The number of aromatic nitrogens is 2. The first-order valence-electron chi connectivity index (χ1n) is 4.94. The van der Waals surface area contributed by atoms with Crippen LogP contribution in [0.2, 0.25) is 0 Å². The van der Waals surface area contributed by atoms with Crippen LogP contribution in [-0.2, 0) is 0 Å². The molecule has 0 saturated heterocycles. The molecular weight excluding hydrogens is 204 g/mol. The normalized spacial score (nSPS) is 10.4. The highest BCUT2D eigenvalue weighted by molar-refractivity contribution is 5.92. The third kappa shape index (κ3) is 1.69. The first-order valence-corrected chi connectivity index (χ1v) is 4.94. The summed E-state index contributed by atoms with van der Waals surface area (Å²) in [5.74, 6) is -0.933. The molecule has 4 nitrogen and oxygen atoms in total. The zero-order chi connectivity index (χ0) is 11.7. The largest absolute Gasteiger partial charge is 0.478 e. The molecule has 0 aliphatic rings. The minimum atomic E-state index is -0.933. The number of benzene rings is 1. The Hall–Kier alpha value is -2.10. The van der Waals surface area contributed by atoms with Gasteiger partial charge in [-0.15, -0.1) is 0 Å². The number of rotatable bonds is 2. The average Bonchev–Trinajstić information content (AvgIpc) is 2.69. The fourth-order valence-corrected chi connectivity index (χ4v) is 1.83. The van der Waals surface area contributed by atoms with Gasteiger partial charge in [0.1, 0.15) is 0 Å². The highest BCUT2D eigenvalue weighted by Gasteiger charge is 2.14. The molecule has 4 heteroatoms. The lowest BCUT2D eigenvalue weighted by Crippen LogP contribution is -2.08. The topological polar surface area (TPSA) is 55.1 Å². The molecule has 1 aromatic heterocycles. The molecule has 82 valence electrons. The van der Waals surface area contributed by atoms with Crippen LogP contribution in [0.1, 0.15) is 21.5 Å². The Labute approximate surface area is 93.1 Å². The molecule has 1 heterocycles. The average molecular weight is 216 g/mol. The Balaban J connectivity index is 2.72. The van der Waals surface area contributed by atoms with Crippen molar-refractivity contribution >= 4 is 5.97 Å². The smallest absolute Gasteiger partial charge is 0.337 e. The molecule has 1 N–H and O–H groups in total. The van der Waals surface area contributed by atoms with Gasteiger partial charge in [0, 0.05) is 12.4 Å². The monoisotopic (exact) mass is 216 g/mol. The molecule has 0 radical (unpaired) electrons. The van der Waals surface area contributed by atoms with Crippen LogP contribution in [0.25, 0.3) is 5.69 Å². The Morgan fingerprint density at radius 2 is 2.12 bits per heavy atom. The van der Waals surface area contributed by atoms with Crippen molar-refractivity contribution in [2.75, 3.05) is 0 Å². The third-order valence-corrected chi connectivity index (χ3v) is 2.41. The zero-order valence-corrected chi connectivity index (χ0v) is 9.14. The van der Waals surface area contributed by atoms with E-state index in [1.807, 2.05) is 19.9 Å². The van der Waals surface area contributed by atoms with Gasteiger partial charge in [-0.2, -0.15) is 5.10 Å². The molecule has 0 aliphatic carbocycles. The van der Waals surface area contributed by atoms with Crippen LogP contribution in [0, 0.1) is 13.8 Å². The number of hydrogen-bond acceptors (Lipinski definition) is 2. The first kappa shape index (κ1) is 10.4. The second-order valence-electron chi connectivity index (χ2n) is 3.73. The molecular formula is C12H12N2O2. The number of aryl methyl sites for hydroxylation is 2. The van der Waals surface area contributed by atoms with Crippen LogP contribution in [0.4, 0.5) is 0 Å². The highest BCUT2D eigenvalue weighted by Crippen LogP contribution is 2.20. The fourth-order valence-electron chi connectivity index (χ4n) is 1.83. The molecule has 2 rings (SSSR count). The SMILES string of the molecule is Cc1cc(C)c(-n2cccn2)c(C(=O)O)c1. The van der Waals surface area contributed by atoms with Crippen molar-refractivity contribution in [3.8, 4) is 5.69 Å². The summed E-state index contributed by atoms with van der Waals surface area (Å²) in [6.07, 6.45) is 3.37. The molecule has 0 unspecified atom stereocenters. The van der Waals surface area contributed by atoms with Crippen LogP contribution in [0.15, 0.2) is 30.6 Å². The van der Waals surface area contributed by atoms with Gasteiger partial charge >= 0.3 is 5.97 Å². The van der Waals surface area contributed by atoms with Gasteiger partial charge in [-0.25, -0.2) is 9.48 Å². The molecule has 0 fully saturated rings. The molecule has 0 bridgehead atoms. The summed E-state index contributed by atoms with van der Waals surface area (Å²) in [4.78, 5) is 11.2. The summed E-state index contributed by atoms with van der Waals surface area (Å²) >= 11 is 0. The lowest BCUT2D eigenvalue weighted by Gasteiger charge is -2.11. The second kappa shape index (κ2) is 3.81. The summed E-state index contributed by atoms with van der Waals surface area (Å²) in [5, 5.41) is 13.2. The predicted molar refractivity (Wildman–Crippen MR) is 60.0 cm³/mol. The number of nitrogens with zero attached hydrogens (tertiary/aromatic N) is 2. The van der Waals surface area contributed by atoms with E-state index in [4.69, 9.17) is 0 Å². The van der Waals surface area contributed by atoms with Crippen molar-refractivity contribution in [2.24, 2.45) is 0 Å². The number of carboxylic acid groups (broad SMARTS) is 1.